The SMILES string of the molecule is CO[C@@H]1CC(O)[C@H](O)C(Cn2cc(CC(C)(C)OCCC(C)(C)NS(=O)/C(C#N)=C/c3ccc4cc(N5CCN(C)CC5)ccc4c3)nn2)O1. The number of anilines is 1. The number of benzene rings is 2. The number of piperazine rings is 1. The summed E-state index contributed by atoms with van der Waals surface area (Å²) in [7, 11) is 1.92. The summed E-state index contributed by atoms with van der Waals surface area (Å²) in [5.74, 6) is 0. The number of methoxy groups -OCH3 is 1. The van der Waals surface area contributed by atoms with E-state index >= 15 is 0 Å². The van der Waals surface area contributed by atoms with E-state index in [2.05, 4.69) is 56.1 Å². The number of nitriles is 1. The van der Waals surface area contributed by atoms with Crippen molar-refractivity contribution in [2.75, 3.05) is 51.8 Å². The van der Waals surface area contributed by atoms with Gasteiger partial charge < -0.3 is 34.2 Å². The van der Waals surface area contributed by atoms with Crippen LogP contribution in [0.1, 0.15) is 51.8 Å². The number of aliphatic hydroxyl groups is 2. The molecular weight excluding hydrogens is 659 g/mol. The maximum Gasteiger partial charge on any atom is 0.160 e. The van der Waals surface area contributed by atoms with Crippen molar-refractivity contribution in [2.45, 2.75) is 89.2 Å². The standard InChI is InChI=1S/C36H51N7O6S/c1-35(2,11-16-48-36(3,4)21-28-23-43(40-38-28)24-32-34(45)31(44)20-33(47-6)49-32)39-50(46)30(22-37)18-25-7-8-27-19-29(10-9-26(27)17-25)42-14-12-41(5)13-15-42/h7-10,17-19,23,31-34,39,44-45H,11-16,20-21,24H2,1-6H3/b30-18+/t31?,32?,33-,34-,50?/m0/s1. The molecule has 2 aliphatic rings. The van der Waals surface area contributed by atoms with Crippen molar-refractivity contribution in [3.05, 3.63) is 58.8 Å². The number of allylic oxidation sites excluding steroid dienone is 1. The van der Waals surface area contributed by atoms with E-state index in [4.69, 9.17) is 14.2 Å². The molecule has 0 amide bonds. The van der Waals surface area contributed by atoms with Crippen molar-refractivity contribution in [3.63, 3.8) is 0 Å². The molecule has 3 aromatic rings. The monoisotopic (exact) mass is 709 g/mol. The fourth-order valence-corrected chi connectivity index (χ4v) is 7.26. The lowest BCUT2D eigenvalue weighted by atomic mass is 10.0. The predicted octanol–water partition coefficient (Wildman–Crippen LogP) is 2.99. The second kappa shape index (κ2) is 16.4. The lowest BCUT2D eigenvalue weighted by molar-refractivity contribution is -0.245. The summed E-state index contributed by atoms with van der Waals surface area (Å²) in [5, 5.41) is 41.0. The second-order valence-electron chi connectivity index (χ2n) is 14.6. The number of nitrogens with zero attached hydrogens (tertiary/aromatic N) is 6. The van der Waals surface area contributed by atoms with Gasteiger partial charge >= 0.3 is 0 Å². The van der Waals surface area contributed by atoms with Gasteiger partial charge in [-0.2, -0.15) is 5.26 Å². The molecule has 0 radical (unpaired) electrons. The quantitative estimate of drug-likeness (QED) is 0.212. The maximum absolute atomic E-state index is 13.3. The Bertz CT molecular complexity index is 1700. The van der Waals surface area contributed by atoms with Gasteiger partial charge in [-0.05, 0) is 81.8 Å². The van der Waals surface area contributed by atoms with Crippen LogP contribution in [-0.4, -0.2) is 117 Å². The van der Waals surface area contributed by atoms with Gasteiger partial charge in [-0.1, -0.05) is 23.4 Å². The third-order valence-corrected chi connectivity index (χ3v) is 10.6. The largest absolute Gasteiger partial charge is 0.390 e. The van der Waals surface area contributed by atoms with Gasteiger partial charge in [-0.15, -0.1) is 5.10 Å². The molecule has 50 heavy (non-hydrogen) atoms. The smallest absolute Gasteiger partial charge is 0.160 e. The fourth-order valence-electron chi connectivity index (χ4n) is 6.22. The Morgan fingerprint density at radius 3 is 2.58 bits per heavy atom. The number of hydrogen-bond acceptors (Lipinski definition) is 11. The highest BCUT2D eigenvalue weighted by molar-refractivity contribution is 7.87. The summed E-state index contributed by atoms with van der Waals surface area (Å²) in [4.78, 5) is 4.89. The van der Waals surface area contributed by atoms with Gasteiger partial charge in [0.05, 0.1) is 23.9 Å². The Morgan fingerprint density at radius 2 is 1.86 bits per heavy atom. The van der Waals surface area contributed by atoms with Gasteiger partial charge in [-0.25, -0.2) is 13.6 Å². The van der Waals surface area contributed by atoms with Gasteiger partial charge in [0.25, 0.3) is 0 Å². The van der Waals surface area contributed by atoms with Crippen LogP contribution in [-0.2, 0) is 38.2 Å². The molecule has 13 nitrogen and oxygen atoms in total. The van der Waals surface area contributed by atoms with Crippen LogP contribution in [0.15, 0.2) is 47.5 Å². The van der Waals surface area contributed by atoms with Crippen LogP contribution in [0, 0.1) is 11.3 Å². The average molecular weight is 710 g/mol. The van der Waals surface area contributed by atoms with Gasteiger partial charge in [0.15, 0.2) is 6.29 Å². The summed E-state index contributed by atoms with van der Waals surface area (Å²) >= 11 is 0. The number of likely N-dealkylation sites (N-methyl/N-ethyl adjacent to an activating group) is 1. The molecule has 0 bridgehead atoms. The highest BCUT2D eigenvalue weighted by atomic mass is 32.2. The second-order valence-corrected chi connectivity index (χ2v) is 15.7. The van der Waals surface area contributed by atoms with E-state index in [9.17, 15) is 19.7 Å². The lowest BCUT2D eigenvalue weighted by Gasteiger charge is -2.36. The number of hydrogen-bond donors (Lipinski definition) is 3. The number of aromatic nitrogens is 3. The first kappa shape index (κ1) is 38.0. The number of nitrogens with one attached hydrogen (secondary N) is 1. The number of fused-ring (bicyclic) bond motifs is 1. The van der Waals surface area contributed by atoms with E-state index in [1.54, 1.807) is 17.0 Å². The summed E-state index contributed by atoms with van der Waals surface area (Å²) in [5.41, 5.74) is 1.57. The summed E-state index contributed by atoms with van der Waals surface area (Å²) in [6, 6.07) is 14.6. The van der Waals surface area contributed by atoms with Crippen LogP contribution in [0.4, 0.5) is 5.69 Å². The molecule has 3 N–H and O–H groups in total. The van der Waals surface area contributed by atoms with Crippen LogP contribution in [0.5, 0.6) is 0 Å². The number of aliphatic hydroxyl groups excluding tert-OH is 2. The molecule has 14 heteroatoms. The van der Waals surface area contributed by atoms with Crippen LogP contribution in [0.25, 0.3) is 16.8 Å². The zero-order valence-corrected chi connectivity index (χ0v) is 30.7. The van der Waals surface area contributed by atoms with Gasteiger partial charge in [0.2, 0.25) is 0 Å². The Kier molecular flexibility index (Phi) is 12.5. The normalized spacial score (nSPS) is 23.3. The topological polar surface area (TPSA) is 158 Å². The van der Waals surface area contributed by atoms with Crippen molar-refractivity contribution < 1.29 is 28.6 Å². The Morgan fingerprint density at radius 1 is 1.14 bits per heavy atom. The Labute approximate surface area is 297 Å². The Balaban J connectivity index is 1.11. The van der Waals surface area contributed by atoms with Crippen molar-refractivity contribution in [1.82, 2.24) is 24.6 Å². The van der Waals surface area contributed by atoms with Gasteiger partial charge in [0, 0.05) is 70.2 Å². The van der Waals surface area contributed by atoms with E-state index in [1.165, 1.54) is 12.8 Å². The van der Waals surface area contributed by atoms with Crippen LogP contribution in [0.2, 0.25) is 0 Å². The molecule has 2 aliphatic heterocycles. The molecule has 1 aromatic heterocycles. The van der Waals surface area contributed by atoms with E-state index in [0.717, 1.165) is 42.5 Å². The van der Waals surface area contributed by atoms with E-state index < -0.39 is 46.7 Å². The van der Waals surface area contributed by atoms with Crippen molar-refractivity contribution in [3.8, 4) is 6.07 Å². The van der Waals surface area contributed by atoms with Gasteiger partial charge in [0.1, 0.15) is 34.2 Å². The van der Waals surface area contributed by atoms with E-state index in [-0.39, 0.29) is 17.9 Å². The summed E-state index contributed by atoms with van der Waals surface area (Å²) < 4.78 is 35.2. The zero-order chi connectivity index (χ0) is 36.1. The highest BCUT2D eigenvalue weighted by Crippen LogP contribution is 2.26. The summed E-state index contributed by atoms with van der Waals surface area (Å²) in [6.07, 6.45) is 1.39. The molecule has 0 spiro atoms. The molecule has 2 aromatic carbocycles. The molecular formula is C36H51N7O6S. The number of ether oxygens (including phenoxy) is 3. The third kappa shape index (κ3) is 10.2. The Hall–Kier alpha value is -3.26. The third-order valence-electron chi connectivity index (χ3n) is 9.27. The first-order valence-corrected chi connectivity index (χ1v) is 18.3. The van der Waals surface area contributed by atoms with Crippen molar-refractivity contribution in [1.29, 1.82) is 5.26 Å². The molecule has 3 unspecified atom stereocenters. The van der Waals surface area contributed by atoms with Crippen molar-refractivity contribution in [2.24, 2.45) is 0 Å². The minimum Gasteiger partial charge on any atom is -0.390 e. The lowest BCUT2D eigenvalue weighted by Crippen LogP contribution is -2.50. The molecule has 0 aliphatic carbocycles. The van der Waals surface area contributed by atoms with Gasteiger partial charge in [-0.3, -0.25) is 0 Å². The molecule has 2 fully saturated rings. The van der Waals surface area contributed by atoms with Crippen molar-refractivity contribution >= 4 is 33.5 Å². The molecule has 272 valence electrons. The van der Waals surface area contributed by atoms with Crippen LogP contribution >= 0.6 is 0 Å². The fraction of sp³-hybridized carbons (Fsp3) is 0.583. The maximum atomic E-state index is 13.3. The van der Waals surface area contributed by atoms with Crippen LogP contribution < -0.4 is 9.62 Å². The summed E-state index contributed by atoms with van der Waals surface area (Å²) in [6.45, 7) is 12.5. The molecule has 3 heterocycles. The first-order valence-electron chi connectivity index (χ1n) is 17.1. The average Bonchev–Trinajstić information content (AvgIpc) is 3.50. The van der Waals surface area contributed by atoms with E-state index in [0.29, 0.717) is 25.1 Å². The highest BCUT2D eigenvalue weighted by Gasteiger charge is 2.37. The van der Waals surface area contributed by atoms with E-state index in [1.807, 2.05) is 45.9 Å². The number of rotatable bonds is 14. The zero-order valence-electron chi connectivity index (χ0n) is 29.9. The minimum atomic E-state index is -1.73. The van der Waals surface area contributed by atoms with Crippen LogP contribution in [0.3, 0.4) is 0 Å². The predicted molar refractivity (Wildman–Crippen MR) is 193 cm³/mol. The first-order chi connectivity index (χ1) is 23.7. The molecule has 2 saturated heterocycles. The molecule has 5 rings (SSSR count). The molecule has 5 atom stereocenters. The minimum absolute atomic E-state index is 0.147. The molecule has 0 saturated carbocycles.